The average molecular weight is 357 g/mol. The van der Waals surface area contributed by atoms with Gasteiger partial charge in [0.1, 0.15) is 11.5 Å². The van der Waals surface area contributed by atoms with Crippen LogP contribution >= 0.6 is 0 Å². The molecule has 1 amide bonds. The van der Waals surface area contributed by atoms with Crippen molar-refractivity contribution < 1.29 is 14.3 Å². The fraction of sp³-hybridized carbons (Fsp3) is 0.682. The summed E-state index contributed by atoms with van der Waals surface area (Å²) < 4.78 is 10.7. The van der Waals surface area contributed by atoms with Crippen molar-refractivity contribution in [3.05, 3.63) is 23.8 Å². The number of hydrogen-bond acceptors (Lipinski definition) is 3. The summed E-state index contributed by atoms with van der Waals surface area (Å²) >= 11 is 0. The van der Waals surface area contributed by atoms with E-state index in [1.165, 1.54) is 38.5 Å². The number of ether oxygens (including phenoxy) is 2. The van der Waals surface area contributed by atoms with E-state index in [1.54, 1.807) is 14.2 Å². The van der Waals surface area contributed by atoms with E-state index in [1.807, 2.05) is 30.1 Å². The maximum Gasteiger partial charge on any atom is 0.223 e. The maximum atomic E-state index is 13.0. The van der Waals surface area contributed by atoms with Crippen LogP contribution in [0.4, 0.5) is 0 Å². The third-order valence-electron chi connectivity index (χ3n) is 7.02. The van der Waals surface area contributed by atoms with Crippen LogP contribution in [0.2, 0.25) is 0 Å². The maximum absolute atomic E-state index is 13.0. The lowest BCUT2D eigenvalue weighted by Gasteiger charge is -2.56. The number of hydrogen-bond donors (Lipinski definition) is 0. The van der Waals surface area contributed by atoms with Crippen LogP contribution in [-0.4, -0.2) is 32.1 Å². The zero-order valence-corrected chi connectivity index (χ0v) is 16.3. The summed E-state index contributed by atoms with van der Waals surface area (Å²) in [5, 5.41) is 0. The molecule has 4 heteroatoms. The topological polar surface area (TPSA) is 38.8 Å². The SMILES string of the molecule is COc1ccc(CN(C)C(=O)CC23CC4CC(CC(C4)C2)C3)c(OC)c1. The summed E-state index contributed by atoms with van der Waals surface area (Å²) in [6.07, 6.45) is 8.84. The predicted molar refractivity (Wildman–Crippen MR) is 101 cm³/mol. The lowest BCUT2D eigenvalue weighted by Crippen LogP contribution is -2.48. The van der Waals surface area contributed by atoms with Gasteiger partial charge in [-0.3, -0.25) is 4.79 Å². The van der Waals surface area contributed by atoms with E-state index in [-0.39, 0.29) is 5.91 Å². The Labute approximate surface area is 156 Å². The minimum atomic E-state index is 0.282. The number of nitrogens with zero attached hydrogens (tertiary/aromatic N) is 1. The molecule has 142 valence electrons. The molecule has 0 aromatic heterocycles. The van der Waals surface area contributed by atoms with Gasteiger partial charge in [0, 0.05) is 31.6 Å². The van der Waals surface area contributed by atoms with Crippen LogP contribution in [0.1, 0.15) is 50.5 Å². The van der Waals surface area contributed by atoms with Gasteiger partial charge in [-0.2, -0.15) is 0 Å². The highest BCUT2D eigenvalue weighted by molar-refractivity contribution is 5.77. The minimum absolute atomic E-state index is 0.282. The molecule has 4 aliphatic rings. The van der Waals surface area contributed by atoms with E-state index < -0.39 is 0 Å². The number of rotatable bonds is 6. The molecule has 0 unspecified atom stereocenters. The highest BCUT2D eigenvalue weighted by Gasteiger charge is 2.51. The van der Waals surface area contributed by atoms with Crippen LogP contribution < -0.4 is 9.47 Å². The monoisotopic (exact) mass is 357 g/mol. The van der Waals surface area contributed by atoms with E-state index in [4.69, 9.17) is 9.47 Å². The smallest absolute Gasteiger partial charge is 0.223 e. The van der Waals surface area contributed by atoms with Crippen molar-refractivity contribution in [1.29, 1.82) is 0 Å². The zero-order chi connectivity index (χ0) is 18.3. The molecule has 26 heavy (non-hydrogen) atoms. The van der Waals surface area contributed by atoms with Crippen LogP contribution in [0, 0.1) is 23.2 Å². The Morgan fingerprint density at radius 2 is 1.69 bits per heavy atom. The van der Waals surface area contributed by atoms with Gasteiger partial charge < -0.3 is 14.4 Å². The Hall–Kier alpha value is -1.71. The Balaban J connectivity index is 1.42. The lowest BCUT2D eigenvalue weighted by molar-refractivity contribution is -0.138. The van der Waals surface area contributed by atoms with Gasteiger partial charge in [0.2, 0.25) is 5.91 Å². The Morgan fingerprint density at radius 1 is 1.08 bits per heavy atom. The van der Waals surface area contributed by atoms with Crippen LogP contribution in [0.5, 0.6) is 11.5 Å². The second kappa shape index (κ2) is 6.79. The summed E-state index contributed by atoms with van der Waals surface area (Å²) in [6.45, 7) is 0.582. The summed E-state index contributed by atoms with van der Waals surface area (Å²) in [6, 6.07) is 5.80. The summed E-state index contributed by atoms with van der Waals surface area (Å²) in [5.74, 6) is 4.50. The van der Waals surface area contributed by atoms with Crippen molar-refractivity contribution in [3.63, 3.8) is 0 Å². The van der Waals surface area contributed by atoms with Gasteiger partial charge >= 0.3 is 0 Å². The molecule has 0 radical (unpaired) electrons. The second-order valence-corrected chi connectivity index (χ2v) is 9.02. The van der Waals surface area contributed by atoms with Crippen molar-refractivity contribution >= 4 is 5.91 Å². The van der Waals surface area contributed by atoms with E-state index in [2.05, 4.69) is 0 Å². The van der Waals surface area contributed by atoms with Gasteiger partial charge in [0.15, 0.2) is 0 Å². The number of carbonyl (C=O) groups is 1. The Bertz CT molecular complexity index is 649. The predicted octanol–water partition coefficient (Wildman–Crippen LogP) is 4.27. The molecule has 1 aromatic carbocycles. The third-order valence-corrected chi connectivity index (χ3v) is 7.02. The van der Waals surface area contributed by atoms with Crippen LogP contribution in [0.25, 0.3) is 0 Å². The Morgan fingerprint density at radius 3 is 2.23 bits per heavy atom. The number of benzene rings is 1. The molecule has 4 fully saturated rings. The highest BCUT2D eigenvalue weighted by Crippen LogP contribution is 2.61. The first-order chi connectivity index (χ1) is 12.5. The van der Waals surface area contributed by atoms with E-state index in [0.717, 1.165) is 41.2 Å². The summed E-state index contributed by atoms with van der Waals surface area (Å²) in [4.78, 5) is 14.9. The van der Waals surface area contributed by atoms with Gasteiger partial charge in [-0.15, -0.1) is 0 Å². The second-order valence-electron chi connectivity index (χ2n) is 9.02. The fourth-order valence-electron chi connectivity index (χ4n) is 6.29. The number of amides is 1. The average Bonchev–Trinajstić information content (AvgIpc) is 2.60. The van der Waals surface area contributed by atoms with Crippen molar-refractivity contribution in [2.75, 3.05) is 21.3 Å². The van der Waals surface area contributed by atoms with E-state index in [9.17, 15) is 4.79 Å². The van der Waals surface area contributed by atoms with E-state index >= 15 is 0 Å². The van der Waals surface area contributed by atoms with Crippen molar-refractivity contribution in [1.82, 2.24) is 4.90 Å². The number of carbonyl (C=O) groups excluding carboxylic acids is 1. The molecule has 0 aliphatic heterocycles. The molecular formula is C22H31NO3. The van der Waals surface area contributed by atoms with Gasteiger partial charge in [0.25, 0.3) is 0 Å². The molecule has 1 aromatic rings. The van der Waals surface area contributed by atoms with E-state index in [0.29, 0.717) is 12.0 Å². The minimum Gasteiger partial charge on any atom is -0.497 e. The van der Waals surface area contributed by atoms with Gasteiger partial charge in [-0.05, 0) is 73.8 Å². The van der Waals surface area contributed by atoms with Crippen molar-refractivity contribution in [2.45, 2.75) is 51.5 Å². The van der Waals surface area contributed by atoms with Gasteiger partial charge in [0.05, 0.1) is 14.2 Å². The lowest BCUT2D eigenvalue weighted by atomic mass is 9.49. The first-order valence-corrected chi connectivity index (χ1v) is 9.95. The highest BCUT2D eigenvalue weighted by atomic mass is 16.5. The molecule has 0 atom stereocenters. The molecule has 0 N–H and O–H groups in total. The van der Waals surface area contributed by atoms with Crippen LogP contribution in [0.3, 0.4) is 0 Å². The van der Waals surface area contributed by atoms with Gasteiger partial charge in [-0.25, -0.2) is 0 Å². The molecule has 0 heterocycles. The molecule has 0 saturated heterocycles. The molecule has 0 spiro atoms. The standard InChI is InChI=1S/C22H31NO3/c1-23(14-18-4-5-19(25-2)9-20(18)26-3)21(24)13-22-10-15-6-16(11-22)8-17(7-15)12-22/h4-5,9,15-17H,6-8,10-14H2,1-3H3. The molecule has 5 rings (SSSR count). The molecule has 4 aliphatic carbocycles. The fourth-order valence-corrected chi connectivity index (χ4v) is 6.29. The first kappa shape index (κ1) is 17.7. The van der Waals surface area contributed by atoms with Crippen molar-refractivity contribution in [3.8, 4) is 11.5 Å². The molecule has 4 nitrogen and oxygen atoms in total. The normalized spacial score (nSPS) is 31.7. The molecule has 4 saturated carbocycles. The largest absolute Gasteiger partial charge is 0.497 e. The Kier molecular flexibility index (Phi) is 4.62. The summed E-state index contributed by atoms with van der Waals surface area (Å²) in [7, 11) is 5.23. The van der Waals surface area contributed by atoms with Crippen LogP contribution in [-0.2, 0) is 11.3 Å². The quantitative estimate of drug-likeness (QED) is 0.763. The van der Waals surface area contributed by atoms with Crippen LogP contribution in [0.15, 0.2) is 18.2 Å². The first-order valence-electron chi connectivity index (χ1n) is 9.95. The zero-order valence-electron chi connectivity index (χ0n) is 16.3. The number of methoxy groups -OCH3 is 2. The third kappa shape index (κ3) is 3.30. The van der Waals surface area contributed by atoms with Crippen molar-refractivity contribution in [2.24, 2.45) is 23.2 Å². The molecular weight excluding hydrogens is 326 g/mol. The summed E-state index contributed by atoms with van der Waals surface area (Å²) in [5.41, 5.74) is 1.32. The van der Waals surface area contributed by atoms with Gasteiger partial charge in [-0.1, -0.05) is 0 Å². The molecule has 4 bridgehead atoms.